The Kier molecular flexibility index (Phi) is 12.1. The van der Waals surface area contributed by atoms with E-state index in [1.54, 1.807) is 20.4 Å². The van der Waals surface area contributed by atoms with Crippen molar-refractivity contribution < 1.29 is 18.6 Å². The van der Waals surface area contributed by atoms with E-state index in [1.165, 1.54) is 0 Å². The van der Waals surface area contributed by atoms with Gasteiger partial charge in [0.2, 0.25) is 0 Å². The van der Waals surface area contributed by atoms with Gasteiger partial charge in [-0.25, -0.2) is 0 Å². The topological polar surface area (TPSA) is 77.3 Å². The van der Waals surface area contributed by atoms with E-state index in [2.05, 4.69) is 15.6 Å². The summed E-state index contributed by atoms with van der Waals surface area (Å²) in [5.41, 5.74) is 0. The number of hydrogen-bond acceptors (Lipinski definition) is 5. The predicted octanol–water partition coefficient (Wildman–Crippen LogP) is 3.06. The van der Waals surface area contributed by atoms with Crippen molar-refractivity contribution in [2.75, 3.05) is 40.5 Å². The molecule has 1 aromatic heterocycles. The molecule has 0 saturated heterocycles. The maximum absolute atomic E-state index is 5.68. The quantitative estimate of drug-likeness (QED) is 0.219. The number of nitrogens with one attached hydrogen (secondary N) is 2. The molecule has 0 aliphatic carbocycles. The summed E-state index contributed by atoms with van der Waals surface area (Å²) >= 11 is 0. The summed E-state index contributed by atoms with van der Waals surface area (Å²) in [5.74, 6) is 3.14. The fourth-order valence-corrected chi connectivity index (χ4v) is 2.20. The molecule has 0 saturated carbocycles. The van der Waals surface area contributed by atoms with Crippen LogP contribution in [0.4, 0.5) is 0 Å². The van der Waals surface area contributed by atoms with Crippen LogP contribution in [0.3, 0.4) is 0 Å². The predicted molar refractivity (Wildman–Crippen MR) is 116 cm³/mol. The molecular weight excluding hydrogens is 461 g/mol. The van der Waals surface area contributed by atoms with Gasteiger partial charge in [0.15, 0.2) is 5.96 Å². The number of guanidine groups is 1. The van der Waals surface area contributed by atoms with E-state index in [9.17, 15) is 0 Å². The molecule has 2 rings (SSSR count). The summed E-state index contributed by atoms with van der Waals surface area (Å²) in [6.45, 7) is 3.10. The second-order valence-corrected chi connectivity index (χ2v) is 5.44. The molecule has 1 aromatic carbocycles. The van der Waals surface area contributed by atoms with E-state index in [-0.39, 0.29) is 24.0 Å². The molecule has 2 N–H and O–H groups in total. The van der Waals surface area contributed by atoms with Gasteiger partial charge in [0.1, 0.15) is 30.5 Å². The Morgan fingerprint density at radius 1 is 1.07 bits per heavy atom. The van der Waals surface area contributed by atoms with Gasteiger partial charge >= 0.3 is 0 Å². The molecule has 8 heteroatoms. The van der Waals surface area contributed by atoms with Crippen LogP contribution in [0.15, 0.2) is 52.1 Å². The van der Waals surface area contributed by atoms with Crippen LogP contribution in [0.1, 0.15) is 12.2 Å². The SMILES string of the molecule is CN=C(NCCCOCc1ccco1)NCCOc1cccc(OC)c1.I. The number of nitrogens with zero attached hydrogens (tertiary/aromatic N) is 1. The van der Waals surface area contributed by atoms with Crippen molar-refractivity contribution >= 4 is 29.9 Å². The fraction of sp³-hybridized carbons (Fsp3) is 0.421. The molecule has 7 nitrogen and oxygen atoms in total. The van der Waals surface area contributed by atoms with Crippen LogP contribution in [0.2, 0.25) is 0 Å². The summed E-state index contributed by atoms with van der Waals surface area (Å²) in [7, 11) is 3.38. The Labute approximate surface area is 177 Å². The van der Waals surface area contributed by atoms with E-state index < -0.39 is 0 Å². The fourth-order valence-electron chi connectivity index (χ4n) is 2.20. The molecule has 0 aliphatic rings. The zero-order valence-electron chi connectivity index (χ0n) is 15.8. The van der Waals surface area contributed by atoms with E-state index in [0.29, 0.717) is 26.4 Å². The number of ether oxygens (including phenoxy) is 3. The second-order valence-electron chi connectivity index (χ2n) is 5.44. The molecular formula is C19H28IN3O4. The zero-order valence-corrected chi connectivity index (χ0v) is 18.1. The maximum atomic E-state index is 5.68. The maximum Gasteiger partial charge on any atom is 0.191 e. The van der Waals surface area contributed by atoms with Crippen molar-refractivity contribution in [1.29, 1.82) is 0 Å². The number of rotatable bonds is 11. The average Bonchev–Trinajstić information content (AvgIpc) is 3.19. The van der Waals surface area contributed by atoms with Crippen LogP contribution in [-0.4, -0.2) is 46.4 Å². The molecule has 1 heterocycles. The molecule has 0 unspecified atom stereocenters. The number of aliphatic imine (C=N–C) groups is 1. The minimum atomic E-state index is 0. The van der Waals surface area contributed by atoms with E-state index >= 15 is 0 Å². The van der Waals surface area contributed by atoms with Gasteiger partial charge in [0.05, 0.1) is 19.9 Å². The van der Waals surface area contributed by atoms with Crippen molar-refractivity contribution in [3.63, 3.8) is 0 Å². The number of hydrogen-bond donors (Lipinski definition) is 2. The van der Waals surface area contributed by atoms with Crippen molar-refractivity contribution in [3.05, 3.63) is 48.4 Å². The highest BCUT2D eigenvalue weighted by Crippen LogP contribution is 2.18. The molecule has 0 amide bonds. The van der Waals surface area contributed by atoms with Crippen molar-refractivity contribution in [2.45, 2.75) is 13.0 Å². The van der Waals surface area contributed by atoms with Gasteiger partial charge in [0, 0.05) is 26.3 Å². The first-order chi connectivity index (χ1) is 12.8. The van der Waals surface area contributed by atoms with Gasteiger partial charge in [-0.1, -0.05) is 6.07 Å². The van der Waals surface area contributed by atoms with E-state index in [4.69, 9.17) is 18.6 Å². The Hall–Kier alpha value is -1.94. The molecule has 0 radical (unpaired) electrons. The number of halogens is 1. The second kappa shape index (κ2) is 14.2. The molecule has 2 aromatic rings. The van der Waals surface area contributed by atoms with Crippen LogP contribution >= 0.6 is 24.0 Å². The lowest BCUT2D eigenvalue weighted by atomic mass is 10.3. The van der Waals surface area contributed by atoms with E-state index in [1.807, 2.05) is 36.4 Å². The lowest BCUT2D eigenvalue weighted by Crippen LogP contribution is -2.39. The van der Waals surface area contributed by atoms with Gasteiger partial charge in [-0.3, -0.25) is 4.99 Å². The summed E-state index contributed by atoms with van der Waals surface area (Å²) in [4.78, 5) is 4.18. The first-order valence-electron chi connectivity index (χ1n) is 8.63. The van der Waals surface area contributed by atoms with Crippen LogP contribution in [0.5, 0.6) is 11.5 Å². The third kappa shape index (κ3) is 9.53. The van der Waals surface area contributed by atoms with Gasteiger partial charge in [-0.15, -0.1) is 24.0 Å². The first kappa shape index (κ1) is 23.1. The molecule has 0 spiro atoms. The molecule has 0 aliphatic heterocycles. The lowest BCUT2D eigenvalue weighted by molar-refractivity contribution is 0.105. The Balaban J connectivity index is 0.00000364. The molecule has 150 valence electrons. The number of benzene rings is 1. The minimum absolute atomic E-state index is 0. The Morgan fingerprint density at radius 3 is 2.63 bits per heavy atom. The van der Waals surface area contributed by atoms with Crippen LogP contribution < -0.4 is 20.1 Å². The molecule has 0 bridgehead atoms. The monoisotopic (exact) mass is 489 g/mol. The summed E-state index contributed by atoms with van der Waals surface area (Å²) < 4.78 is 21.6. The zero-order chi connectivity index (χ0) is 18.5. The average molecular weight is 489 g/mol. The minimum Gasteiger partial charge on any atom is -0.497 e. The third-order valence-electron chi connectivity index (χ3n) is 3.51. The van der Waals surface area contributed by atoms with Gasteiger partial charge in [0.25, 0.3) is 0 Å². The van der Waals surface area contributed by atoms with Crippen LogP contribution in [-0.2, 0) is 11.3 Å². The highest BCUT2D eigenvalue weighted by molar-refractivity contribution is 14.0. The highest BCUT2D eigenvalue weighted by Gasteiger charge is 2.00. The summed E-state index contributed by atoms with van der Waals surface area (Å²) in [6.07, 6.45) is 2.52. The molecule has 0 fully saturated rings. The van der Waals surface area contributed by atoms with Crippen molar-refractivity contribution in [1.82, 2.24) is 10.6 Å². The highest BCUT2D eigenvalue weighted by atomic mass is 127. The standard InChI is InChI=1S/C19H27N3O4.HI/c1-20-19(21-9-5-11-24-15-18-8-4-12-25-18)22-10-13-26-17-7-3-6-16(14-17)23-2;/h3-4,6-8,12,14H,5,9-11,13,15H2,1-2H3,(H2,20,21,22);1H. The largest absolute Gasteiger partial charge is 0.497 e. The Morgan fingerprint density at radius 2 is 1.89 bits per heavy atom. The Bertz CT molecular complexity index is 650. The summed E-state index contributed by atoms with van der Waals surface area (Å²) in [6, 6.07) is 11.3. The van der Waals surface area contributed by atoms with E-state index in [0.717, 1.165) is 36.2 Å². The van der Waals surface area contributed by atoms with Crippen molar-refractivity contribution in [2.24, 2.45) is 4.99 Å². The normalized spacial score (nSPS) is 10.8. The third-order valence-corrected chi connectivity index (χ3v) is 3.51. The van der Waals surface area contributed by atoms with Crippen LogP contribution in [0.25, 0.3) is 0 Å². The lowest BCUT2D eigenvalue weighted by Gasteiger charge is -2.13. The molecule has 27 heavy (non-hydrogen) atoms. The number of furan rings is 1. The summed E-state index contributed by atoms with van der Waals surface area (Å²) in [5, 5.41) is 6.45. The van der Waals surface area contributed by atoms with Gasteiger partial charge in [-0.05, 0) is 30.7 Å². The smallest absolute Gasteiger partial charge is 0.191 e. The van der Waals surface area contributed by atoms with Crippen molar-refractivity contribution in [3.8, 4) is 11.5 Å². The number of methoxy groups -OCH3 is 1. The van der Waals surface area contributed by atoms with Crippen LogP contribution in [0, 0.1) is 0 Å². The molecule has 0 atom stereocenters. The van der Waals surface area contributed by atoms with Gasteiger partial charge in [-0.2, -0.15) is 0 Å². The first-order valence-corrected chi connectivity index (χ1v) is 8.63. The van der Waals surface area contributed by atoms with Gasteiger partial charge < -0.3 is 29.3 Å².